The Balaban J connectivity index is 1.35. The molecule has 2 heterocycles. The number of hydrogen-bond donors (Lipinski definition) is 1. The lowest BCUT2D eigenvalue weighted by atomic mass is 9.87. The highest BCUT2D eigenvalue weighted by atomic mass is 32.1. The van der Waals surface area contributed by atoms with Crippen LogP contribution in [0.3, 0.4) is 0 Å². The zero-order chi connectivity index (χ0) is 16.0. The smallest absolute Gasteiger partial charge is 0.226 e. The first-order valence-electron chi connectivity index (χ1n) is 8.96. The van der Waals surface area contributed by atoms with Gasteiger partial charge in [-0.3, -0.25) is 4.79 Å². The first-order valence-corrected chi connectivity index (χ1v) is 9.84. The van der Waals surface area contributed by atoms with Crippen molar-refractivity contribution in [1.29, 1.82) is 0 Å². The zero-order valence-corrected chi connectivity index (χ0v) is 14.6. The summed E-state index contributed by atoms with van der Waals surface area (Å²) in [5.74, 6) is 1.99. The lowest BCUT2D eigenvalue weighted by Gasteiger charge is -2.39. The Kier molecular flexibility index (Phi) is 3.96. The van der Waals surface area contributed by atoms with E-state index in [1.54, 1.807) is 11.3 Å². The standard InChI is InChI=1S/C18H26N2O2S/c1-12-11-23-15(19-12)10-18(22)6-8-20(9-7-18)17(21)16(13-2-3-13)14-4-5-14/h11,13-14,16,22H,2-10H2,1H3. The average Bonchev–Trinajstić information content (AvgIpc) is 3.42. The van der Waals surface area contributed by atoms with Crippen LogP contribution >= 0.6 is 11.3 Å². The van der Waals surface area contributed by atoms with Gasteiger partial charge in [-0.2, -0.15) is 0 Å². The maximum Gasteiger partial charge on any atom is 0.226 e. The summed E-state index contributed by atoms with van der Waals surface area (Å²) in [4.78, 5) is 19.4. The Morgan fingerprint density at radius 1 is 1.35 bits per heavy atom. The second kappa shape index (κ2) is 5.85. The highest BCUT2D eigenvalue weighted by Crippen LogP contribution is 2.50. The number of amides is 1. The van der Waals surface area contributed by atoms with E-state index in [0.717, 1.165) is 10.7 Å². The highest BCUT2D eigenvalue weighted by molar-refractivity contribution is 7.09. The molecule has 0 atom stereocenters. The fourth-order valence-electron chi connectivity index (χ4n) is 4.00. The van der Waals surface area contributed by atoms with Crippen LogP contribution in [0.5, 0.6) is 0 Å². The Hall–Kier alpha value is -0.940. The first-order chi connectivity index (χ1) is 11.0. The monoisotopic (exact) mass is 334 g/mol. The molecule has 1 N–H and O–H groups in total. The molecule has 0 spiro atoms. The van der Waals surface area contributed by atoms with Gasteiger partial charge in [-0.15, -0.1) is 11.3 Å². The fourth-order valence-corrected chi connectivity index (χ4v) is 4.90. The molecule has 4 nitrogen and oxygen atoms in total. The lowest BCUT2D eigenvalue weighted by molar-refractivity contribution is -0.141. The van der Waals surface area contributed by atoms with E-state index in [2.05, 4.69) is 4.98 Å². The Morgan fingerprint density at radius 3 is 2.43 bits per heavy atom. The van der Waals surface area contributed by atoms with Gasteiger partial charge in [-0.1, -0.05) is 0 Å². The van der Waals surface area contributed by atoms with Gasteiger partial charge in [0.05, 0.1) is 10.6 Å². The van der Waals surface area contributed by atoms with Crippen molar-refractivity contribution in [1.82, 2.24) is 9.88 Å². The van der Waals surface area contributed by atoms with Crippen molar-refractivity contribution in [2.75, 3.05) is 13.1 Å². The van der Waals surface area contributed by atoms with E-state index in [9.17, 15) is 9.90 Å². The van der Waals surface area contributed by atoms with Gasteiger partial charge in [-0.25, -0.2) is 4.98 Å². The molecular weight excluding hydrogens is 308 g/mol. The summed E-state index contributed by atoms with van der Waals surface area (Å²) in [6, 6.07) is 0. The molecule has 0 radical (unpaired) electrons. The molecule has 2 saturated carbocycles. The van der Waals surface area contributed by atoms with Gasteiger partial charge in [0.25, 0.3) is 0 Å². The maximum atomic E-state index is 12.9. The first kappa shape index (κ1) is 15.6. The number of carbonyl (C=O) groups excluding carboxylic acids is 1. The van der Waals surface area contributed by atoms with E-state index in [1.807, 2.05) is 17.2 Å². The predicted molar refractivity (Wildman–Crippen MR) is 90.3 cm³/mol. The molecular formula is C18H26N2O2S. The second-order valence-corrected chi connectivity index (χ2v) is 8.75. The van der Waals surface area contributed by atoms with Crippen molar-refractivity contribution in [3.8, 4) is 0 Å². The van der Waals surface area contributed by atoms with Crippen LogP contribution in [0.4, 0.5) is 0 Å². The molecule has 1 aromatic heterocycles. The molecule has 23 heavy (non-hydrogen) atoms. The van der Waals surface area contributed by atoms with Crippen molar-refractivity contribution in [3.05, 3.63) is 16.1 Å². The van der Waals surface area contributed by atoms with Crippen LogP contribution in [-0.4, -0.2) is 39.6 Å². The minimum Gasteiger partial charge on any atom is -0.389 e. The summed E-state index contributed by atoms with van der Waals surface area (Å²) >= 11 is 1.63. The Labute approximate surface area is 141 Å². The summed E-state index contributed by atoms with van der Waals surface area (Å²) in [5, 5.41) is 13.9. The van der Waals surface area contributed by atoms with Crippen LogP contribution in [0.25, 0.3) is 0 Å². The van der Waals surface area contributed by atoms with E-state index in [-0.39, 0.29) is 0 Å². The Bertz CT molecular complexity index is 572. The number of piperidine rings is 1. The van der Waals surface area contributed by atoms with Gasteiger partial charge in [-0.05, 0) is 57.3 Å². The van der Waals surface area contributed by atoms with Gasteiger partial charge < -0.3 is 10.0 Å². The molecule has 0 aromatic carbocycles. The molecule has 3 aliphatic rings. The minimum absolute atomic E-state index is 0.294. The number of likely N-dealkylation sites (tertiary alicyclic amines) is 1. The van der Waals surface area contributed by atoms with Crippen LogP contribution < -0.4 is 0 Å². The lowest BCUT2D eigenvalue weighted by Crippen LogP contribution is -2.49. The molecule has 5 heteroatoms. The van der Waals surface area contributed by atoms with Gasteiger partial charge >= 0.3 is 0 Å². The highest BCUT2D eigenvalue weighted by Gasteiger charge is 2.47. The van der Waals surface area contributed by atoms with Gasteiger partial charge in [0.15, 0.2) is 0 Å². The molecule has 1 saturated heterocycles. The zero-order valence-electron chi connectivity index (χ0n) is 13.8. The van der Waals surface area contributed by atoms with Crippen LogP contribution in [0.2, 0.25) is 0 Å². The third kappa shape index (κ3) is 3.45. The predicted octanol–water partition coefficient (Wildman–Crippen LogP) is 2.78. The molecule has 1 aromatic rings. The normalized spacial score (nSPS) is 24.2. The molecule has 1 aliphatic heterocycles. The largest absolute Gasteiger partial charge is 0.389 e. The van der Waals surface area contributed by atoms with Crippen LogP contribution in [0, 0.1) is 24.7 Å². The molecule has 0 unspecified atom stereocenters. The number of nitrogens with zero attached hydrogens (tertiary/aromatic N) is 2. The van der Waals surface area contributed by atoms with E-state index in [1.165, 1.54) is 25.7 Å². The summed E-state index contributed by atoms with van der Waals surface area (Å²) < 4.78 is 0. The third-order valence-corrected chi connectivity index (χ3v) is 6.66. The molecule has 1 amide bonds. The number of thiazole rings is 1. The molecule has 0 bridgehead atoms. The molecule has 4 rings (SSSR count). The number of aliphatic hydroxyl groups is 1. The van der Waals surface area contributed by atoms with Crippen LogP contribution in [-0.2, 0) is 11.2 Å². The fraction of sp³-hybridized carbons (Fsp3) is 0.778. The van der Waals surface area contributed by atoms with E-state index >= 15 is 0 Å². The summed E-state index contributed by atoms with van der Waals surface area (Å²) in [6.45, 7) is 3.40. The average molecular weight is 334 g/mol. The van der Waals surface area contributed by atoms with Gasteiger partial charge in [0.2, 0.25) is 5.91 Å². The molecule has 3 fully saturated rings. The van der Waals surface area contributed by atoms with Crippen molar-refractivity contribution in [3.63, 3.8) is 0 Å². The maximum absolute atomic E-state index is 12.9. The van der Waals surface area contributed by atoms with E-state index in [4.69, 9.17) is 0 Å². The van der Waals surface area contributed by atoms with Gasteiger partial charge in [0, 0.05) is 36.5 Å². The summed E-state index contributed by atoms with van der Waals surface area (Å²) in [6.07, 6.45) is 6.96. The molecule has 2 aliphatic carbocycles. The molecule has 126 valence electrons. The van der Waals surface area contributed by atoms with Crippen molar-refractivity contribution in [2.24, 2.45) is 17.8 Å². The van der Waals surface area contributed by atoms with E-state index in [0.29, 0.717) is 56.0 Å². The quantitative estimate of drug-likeness (QED) is 0.901. The second-order valence-electron chi connectivity index (χ2n) is 7.81. The summed E-state index contributed by atoms with van der Waals surface area (Å²) in [7, 11) is 0. The topological polar surface area (TPSA) is 53.4 Å². The minimum atomic E-state index is -0.685. The SMILES string of the molecule is Cc1csc(CC2(O)CCN(C(=O)C(C3CC3)C3CC3)CC2)n1. The van der Waals surface area contributed by atoms with Crippen LogP contribution in [0.1, 0.15) is 49.2 Å². The number of aromatic nitrogens is 1. The van der Waals surface area contributed by atoms with Crippen molar-refractivity contribution in [2.45, 2.75) is 57.5 Å². The Morgan fingerprint density at radius 2 is 1.96 bits per heavy atom. The number of rotatable bonds is 5. The van der Waals surface area contributed by atoms with Crippen molar-refractivity contribution < 1.29 is 9.90 Å². The van der Waals surface area contributed by atoms with Crippen LogP contribution in [0.15, 0.2) is 5.38 Å². The van der Waals surface area contributed by atoms with E-state index < -0.39 is 5.60 Å². The number of aryl methyl sites for hydroxylation is 1. The van der Waals surface area contributed by atoms with Crippen molar-refractivity contribution >= 4 is 17.2 Å². The number of carbonyl (C=O) groups is 1. The van der Waals surface area contributed by atoms with Gasteiger partial charge in [0.1, 0.15) is 0 Å². The summed E-state index contributed by atoms with van der Waals surface area (Å²) in [5.41, 5.74) is 0.341. The third-order valence-electron chi connectivity index (χ3n) is 5.70. The number of hydrogen-bond acceptors (Lipinski definition) is 4.